The number of para-hydroxylation sites is 1. The molecule has 1 amide bonds. The lowest BCUT2D eigenvalue weighted by molar-refractivity contribution is -0.113. The molecule has 0 fully saturated rings. The van der Waals surface area contributed by atoms with Crippen LogP contribution in [0, 0.1) is 0 Å². The number of amides is 1. The van der Waals surface area contributed by atoms with Gasteiger partial charge >= 0.3 is 0 Å². The van der Waals surface area contributed by atoms with Crippen molar-refractivity contribution in [2.75, 3.05) is 11.1 Å². The third kappa shape index (κ3) is 6.41. The van der Waals surface area contributed by atoms with Gasteiger partial charge in [0.15, 0.2) is 11.0 Å². The van der Waals surface area contributed by atoms with Crippen molar-refractivity contribution >= 4 is 23.4 Å². The smallest absolute Gasteiger partial charge is 0.234 e. The summed E-state index contributed by atoms with van der Waals surface area (Å²) in [5.74, 6) is 1.78. The topological polar surface area (TPSA) is 69.0 Å². The molecule has 7 heteroatoms. The number of hydrogen-bond acceptors (Lipinski definition) is 5. The van der Waals surface area contributed by atoms with E-state index in [0.717, 1.165) is 46.4 Å². The Morgan fingerprint density at radius 2 is 1.65 bits per heavy atom. The summed E-state index contributed by atoms with van der Waals surface area (Å²) in [7, 11) is 0. The predicted octanol–water partition coefficient (Wildman–Crippen LogP) is 6.03. The Kier molecular flexibility index (Phi) is 8.78. The predicted molar refractivity (Wildman–Crippen MR) is 140 cm³/mol. The molecule has 34 heavy (non-hydrogen) atoms. The molecule has 0 atom stereocenters. The van der Waals surface area contributed by atoms with Gasteiger partial charge in [-0.25, -0.2) is 0 Å². The van der Waals surface area contributed by atoms with Crippen LogP contribution in [0.2, 0.25) is 0 Å². The van der Waals surface area contributed by atoms with Crippen molar-refractivity contribution in [3.05, 3.63) is 65.0 Å². The quantitative estimate of drug-likeness (QED) is 0.359. The molecular weight excluding hydrogens is 444 g/mol. The largest absolute Gasteiger partial charge is 0.486 e. The molecule has 0 spiro atoms. The van der Waals surface area contributed by atoms with Crippen LogP contribution in [-0.2, 0) is 36.2 Å². The fraction of sp³-hybridized carbons (Fsp3) is 0.444. The van der Waals surface area contributed by atoms with Gasteiger partial charge in [-0.1, -0.05) is 76.7 Å². The van der Waals surface area contributed by atoms with Crippen LogP contribution < -0.4 is 10.1 Å². The average Bonchev–Trinajstić information content (AvgIpc) is 3.23. The van der Waals surface area contributed by atoms with Crippen LogP contribution in [0.1, 0.15) is 64.1 Å². The monoisotopic (exact) mass is 480 g/mol. The van der Waals surface area contributed by atoms with Crippen LogP contribution >= 0.6 is 11.8 Å². The molecule has 0 bridgehead atoms. The van der Waals surface area contributed by atoms with E-state index in [0.29, 0.717) is 13.2 Å². The van der Waals surface area contributed by atoms with E-state index >= 15 is 0 Å². The van der Waals surface area contributed by atoms with Gasteiger partial charge in [0.05, 0.1) is 5.75 Å². The lowest BCUT2D eigenvalue weighted by Gasteiger charge is -2.19. The zero-order valence-corrected chi connectivity index (χ0v) is 22.0. The van der Waals surface area contributed by atoms with E-state index in [1.165, 1.54) is 17.3 Å². The Bertz CT molecular complexity index is 1080. The molecule has 6 nitrogen and oxygen atoms in total. The number of thioether (sulfide) groups is 1. The maximum atomic E-state index is 12.7. The van der Waals surface area contributed by atoms with Crippen LogP contribution in [-0.4, -0.2) is 26.4 Å². The highest BCUT2D eigenvalue weighted by Crippen LogP contribution is 2.26. The summed E-state index contributed by atoms with van der Waals surface area (Å²) in [6.45, 7) is 13.9. The van der Waals surface area contributed by atoms with E-state index in [4.69, 9.17) is 4.74 Å². The number of carbonyl (C=O) groups is 1. The van der Waals surface area contributed by atoms with Gasteiger partial charge in [-0.15, -0.1) is 10.2 Å². The van der Waals surface area contributed by atoms with Crippen molar-refractivity contribution < 1.29 is 9.53 Å². The molecule has 3 aromatic rings. The van der Waals surface area contributed by atoms with Gasteiger partial charge in [0, 0.05) is 12.2 Å². The summed E-state index contributed by atoms with van der Waals surface area (Å²) in [5.41, 5.74) is 4.63. The number of rotatable bonds is 10. The number of nitrogens with zero attached hydrogens (tertiary/aromatic N) is 3. The van der Waals surface area contributed by atoms with Gasteiger partial charge in [0.2, 0.25) is 5.91 Å². The van der Waals surface area contributed by atoms with Crippen molar-refractivity contribution in [3.63, 3.8) is 0 Å². The van der Waals surface area contributed by atoms with Gasteiger partial charge in [-0.2, -0.15) is 0 Å². The van der Waals surface area contributed by atoms with Crippen molar-refractivity contribution in [1.29, 1.82) is 0 Å². The number of aryl methyl sites for hydroxylation is 2. The number of ether oxygens (including phenoxy) is 1. The summed E-state index contributed by atoms with van der Waals surface area (Å²) >= 11 is 1.39. The number of anilines is 1. The number of benzene rings is 2. The molecule has 0 unspecified atom stereocenters. The SMILES string of the molecule is CCc1cccc(CC)c1NC(=O)CSc1nnc(COc2ccc(C(C)(C)C)cc2)n1CC. The Labute approximate surface area is 207 Å². The van der Waals surface area contributed by atoms with E-state index in [2.05, 4.69) is 74.4 Å². The molecule has 0 aliphatic carbocycles. The molecule has 0 saturated heterocycles. The minimum atomic E-state index is -0.0389. The summed E-state index contributed by atoms with van der Waals surface area (Å²) in [6, 6.07) is 14.4. The second kappa shape index (κ2) is 11.6. The van der Waals surface area contributed by atoms with Gasteiger partial charge in [0.25, 0.3) is 0 Å². The highest BCUT2D eigenvalue weighted by molar-refractivity contribution is 7.99. The summed E-state index contributed by atoms with van der Waals surface area (Å²) < 4.78 is 7.96. The number of carbonyl (C=O) groups excluding carboxylic acids is 1. The Morgan fingerprint density at radius 3 is 2.21 bits per heavy atom. The number of nitrogens with one attached hydrogen (secondary N) is 1. The molecule has 1 heterocycles. The van der Waals surface area contributed by atoms with Crippen molar-refractivity contribution in [2.45, 2.75) is 78.1 Å². The average molecular weight is 481 g/mol. The molecule has 1 N–H and O–H groups in total. The minimum absolute atomic E-state index is 0.0389. The lowest BCUT2D eigenvalue weighted by Crippen LogP contribution is -2.17. The van der Waals surface area contributed by atoms with Crippen molar-refractivity contribution in [2.24, 2.45) is 0 Å². The summed E-state index contributed by atoms with van der Waals surface area (Å²) in [6.07, 6.45) is 1.76. The third-order valence-corrected chi connectivity index (χ3v) is 6.76. The van der Waals surface area contributed by atoms with E-state index in [9.17, 15) is 4.79 Å². The van der Waals surface area contributed by atoms with Gasteiger partial charge in [-0.05, 0) is 54.0 Å². The van der Waals surface area contributed by atoms with Gasteiger partial charge in [0.1, 0.15) is 12.4 Å². The van der Waals surface area contributed by atoms with Crippen molar-refractivity contribution in [3.8, 4) is 5.75 Å². The second-order valence-electron chi connectivity index (χ2n) is 9.20. The first-order valence-electron chi connectivity index (χ1n) is 12.0. The molecule has 0 aliphatic heterocycles. The summed E-state index contributed by atoms with van der Waals surface area (Å²) in [4.78, 5) is 12.7. The molecule has 182 valence electrons. The maximum Gasteiger partial charge on any atom is 0.234 e. The highest BCUT2D eigenvalue weighted by Gasteiger charge is 2.16. The molecule has 3 rings (SSSR count). The van der Waals surface area contributed by atoms with E-state index < -0.39 is 0 Å². The van der Waals surface area contributed by atoms with Gasteiger partial charge in [-0.3, -0.25) is 4.79 Å². The Hall–Kier alpha value is -2.80. The maximum absolute atomic E-state index is 12.7. The zero-order chi connectivity index (χ0) is 24.7. The fourth-order valence-electron chi connectivity index (χ4n) is 3.76. The normalized spacial score (nSPS) is 11.5. The number of aromatic nitrogens is 3. The van der Waals surface area contributed by atoms with E-state index in [-0.39, 0.29) is 17.1 Å². The first-order valence-corrected chi connectivity index (χ1v) is 12.9. The van der Waals surface area contributed by atoms with Gasteiger partial charge < -0.3 is 14.6 Å². The molecule has 0 aliphatic rings. The lowest BCUT2D eigenvalue weighted by atomic mass is 9.87. The van der Waals surface area contributed by atoms with Crippen LogP contribution in [0.3, 0.4) is 0 Å². The molecule has 0 radical (unpaired) electrons. The molecule has 2 aromatic carbocycles. The van der Waals surface area contributed by atoms with E-state index in [1.807, 2.05) is 29.7 Å². The Balaban J connectivity index is 1.61. The second-order valence-corrected chi connectivity index (χ2v) is 10.1. The zero-order valence-electron chi connectivity index (χ0n) is 21.1. The van der Waals surface area contributed by atoms with Crippen LogP contribution in [0.15, 0.2) is 47.6 Å². The molecule has 0 saturated carbocycles. The van der Waals surface area contributed by atoms with Crippen molar-refractivity contribution in [1.82, 2.24) is 14.8 Å². The minimum Gasteiger partial charge on any atom is -0.486 e. The van der Waals surface area contributed by atoms with Crippen LogP contribution in [0.4, 0.5) is 5.69 Å². The third-order valence-electron chi connectivity index (χ3n) is 5.79. The van der Waals surface area contributed by atoms with E-state index in [1.54, 1.807) is 0 Å². The van der Waals surface area contributed by atoms with Crippen LogP contribution in [0.5, 0.6) is 5.75 Å². The fourth-order valence-corrected chi connectivity index (χ4v) is 4.58. The highest BCUT2D eigenvalue weighted by atomic mass is 32.2. The van der Waals surface area contributed by atoms with Crippen LogP contribution in [0.25, 0.3) is 0 Å². The summed E-state index contributed by atoms with van der Waals surface area (Å²) in [5, 5.41) is 12.5. The molecule has 1 aromatic heterocycles. The first kappa shape index (κ1) is 25.8. The molecular formula is C27H36N4O2S. The Morgan fingerprint density at radius 1 is 1.00 bits per heavy atom. The standard InChI is InChI=1S/C27H36N4O2S/c1-7-19-11-10-12-20(8-2)25(19)28-24(32)18-34-26-30-29-23(31(26)9-3)17-33-22-15-13-21(14-16-22)27(4,5)6/h10-16H,7-9,17-18H2,1-6H3,(H,28,32). The number of hydrogen-bond donors (Lipinski definition) is 1. The first-order chi connectivity index (χ1) is 16.3.